The molecule has 13 heavy (non-hydrogen) atoms. The highest BCUT2D eigenvalue weighted by molar-refractivity contribution is 6.62. The molecule has 0 aromatic carbocycles. The number of carbonyl (C=O) groups is 1. The molecule has 0 radical (unpaired) electrons. The predicted octanol–water partition coefficient (Wildman–Crippen LogP) is 2.47. The van der Waals surface area contributed by atoms with E-state index in [-0.39, 0.29) is 11.5 Å². The summed E-state index contributed by atoms with van der Waals surface area (Å²) >= 11 is 0. The van der Waals surface area contributed by atoms with Crippen molar-refractivity contribution in [3.63, 3.8) is 0 Å². The van der Waals surface area contributed by atoms with Crippen LogP contribution in [0, 0.1) is 0 Å². The number of rotatable bonds is 4. The Labute approximate surface area is 81.6 Å². The second-order valence-corrected chi connectivity index (χ2v) is 7.11. The monoisotopic (exact) mass is 198 g/mol. The lowest BCUT2D eigenvalue weighted by molar-refractivity contribution is -0.135. The van der Waals surface area contributed by atoms with E-state index in [0.717, 1.165) is 6.42 Å². The van der Waals surface area contributed by atoms with E-state index in [9.17, 15) is 4.79 Å². The van der Waals surface area contributed by atoms with E-state index in [1.165, 1.54) is 18.4 Å². The Balaban J connectivity index is 2.57. The van der Waals surface area contributed by atoms with E-state index in [0.29, 0.717) is 0 Å². The van der Waals surface area contributed by atoms with Crippen molar-refractivity contribution in [2.45, 2.75) is 44.8 Å². The van der Waals surface area contributed by atoms with Crippen molar-refractivity contribution in [2.24, 2.45) is 0 Å². The lowest BCUT2D eigenvalue weighted by Gasteiger charge is -2.12. The second kappa shape index (κ2) is 4.60. The number of cyclic esters (lactones) is 1. The van der Waals surface area contributed by atoms with Crippen LogP contribution in [0.2, 0.25) is 18.6 Å². The first-order chi connectivity index (χ1) is 6.16. The lowest BCUT2D eigenvalue weighted by Crippen LogP contribution is -2.19. The molecule has 0 aliphatic carbocycles. The van der Waals surface area contributed by atoms with Crippen molar-refractivity contribution >= 4 is 14.8 Å². The SMILES string of the molecule is CCCCC1=COC(=O)C1[SiH](C)C. The lowest BCUT2D eigenvalue weighted by atomic mass is 10.1. The summed E-state index contributed by atoms with van der Waals surface area (Å²) in [4.78, 5) is 11.3. The Bertz CT molecular complexity index is 221. The molecule has 0 saturated carbocycles. The molecular weight excluding hydrogens is 180 g/mol. The molecular formula is C10H18O2Si. The second-order valence-electron chi connectivity index (χ2n) is 3.95. The number of hydrogen-bond acceptors (Lipinski definition) is 2. The van der Waals surface area contributed by atoms with Gasteiger partial charge in [0.1, 0.15) is 0 Å². The largest absolute Gasteiger partial charge is 0.434 e. The quantitative estimate of drug-likeness (QED) is 0.512. The van der Waals surface area contributed by atoms with Crippen LogP contribution in [0.15, 0.2) is 11.8 Å². The maximum Gasteiger partial charge on any atom is 0.314 e. The summed E-state index contributed by atoms with van der Waals surface area (Å²) in [5.74, 6) is -0.00669. The number of carbonyl (C=O) groups excluding carboxylic acids is 1. The highest BCUT2D eigenvalue weighted by Crippen LogP contribution is 2.32. The van der Waals surface area contributed by atoms with Gasteiger partial charge >= 0.3 is 5.97 Å². The molecule has 0 fully saturated rings. The van der Waals surface area contributed by atoms with Gasteiger partial charge in [0.2, 0.25) is 0 Å². The predicted molar refractivity (Wildman–Crippen MR) is 56.3 cm³/mol. The standard InChI is InChI=1S/C10H18O2Si/c1-4-5-6-8-7-12-10(11)9(8)13(2)3/h7,9,13H,4-6H2,1-3H3. The van der Waals surface area contributed by atoms with E-state index in [4.69, 9.17) is 4.74 Å². The first-order valence-corrected chi connectivity index (χ1v) is 8.03. The summed E-state index contributed by atoms with van der Waals surface area (Å²) in [6.07, 6.45) is 5.08. The van der Waals surface area contributed by atoms with Crippen LogP contribution in [-0.4, -0.2) is 14.8 Å². The van der Waals surface area contributed by atoms with Crippen LogP contribution in [0.4, 0.5) is 0 Å². The molecule has 2 nitrogen and oxygen atoms in total. The summed E-state index contributed by atoms with van der Waals surface area (Å²) in [6, 6.07) is 0. The van der Waals surface area contributed by atoms with Crippen LogP contribution >= 0.6 is 0 Å². The van der Waals surface area contributed by atoms with Gasteiger partial charge in [-0.15, -0.1) is 0 Å². The molecule has 1 unspecified atom stereocenters. The number of ether oxygens (including phenoxy) is 1. The van der Waals surface area contributed by atoms with Crippen LogP contribution < -0.4 is 0 Å². The Kier molecular flexibility index (Phi) is 3.72. The van der Waals surface area contributed by atoms with E-state index < -0.39 is 8.80 Å². The van der Waals surface area contributed by atoms with Crippen LogP contribution in [0.25, 0.3) is 0 Å². The fraction of sp³-hybridized carbons (Fsp3) is 0.700. The molecule has 1 aliphatic heterocycles. The zero-order valence-corrected chi connectivity index (χ0v) is 9.82. The van der Waals surface area contributed by atoms with Gasteiger partial charge in [-0.2, -0.15) is 0 Å². The molecule has 0 aromatic rings. The first-order valence-electron chi connectivity index (χ1n) is 5.06. The van der Waals surface area contributed by atoms with Crippen LogP contribution in [-0.2, 0) is 9.53 Å². The summed E-state index contributed by atoms with van der Waals surface area (Å²) in [5, 5.41) is 0. The molecule has 1 atom stereocenters. The van der Waals surface area contributed by atoms with E-state index in [1.54, 1.807) is 6.26 Å². The van der Waals surface area contributed by atoms with E-state index in [1.807, 2.05) is 0 Å². The molecule has 0 N–H and O–H groups in total. The molecule has 1 heterocycles. The van der Waals surface area contributed by atoms with Gasteiger partial charge in [-0.25, -0.2) is 0 Å². The van der Waals surface area contributed by atoms with Crippen molar-refractivity contribution in [3.8, 4) is 0 Å². The van der Waals surface area contributed by atoms with Gasteiger partial charge in [0.05, 0.1) is 20.6 Å². The summed E-state index contributed by atoms with van der Waals surface area (Å²) in [6.45, 7) is 6.58. The molecule has 0 aromatic heterocycles. The third-order valence-electron chi connectivity index (χ3n) is 2.47. The minimum Gasteiger partial charge on any atom is -0.434 e. The zero-order chi connectivity index (χ0) is 9.84. The van der Waals surface area contributed by atoms with Gasteiger partial charge < -0.3 is 4.74 Å². The summed E-state index contributed by atoms with van der Waals surface area (Å²) in [5.41, 5.74) is 1.40. The van der Waals surface area contributed by atoms with E-state index in [2.05, 4.69) is 20.0 Å². The van der Waals surface area contributed by atoms with Crippen molar-refractivity contribution < 1.29 is 9.53 Å². The molecule has 0 spiro atoms. The minimum atomic E-state index is -0.924. The first kappa shape index (κ1) is 10.5. The maximum absolute atomic E-state index is 11.3. The van der Waals surface area contributed by atoms with Crippen molar-refractivity contribution in [1.82, 2.24) is 0 Å². The van der Waals surface area contributed by atoms with Crippen molar-refractivity contribution in [2.75, 3.05) is 0 Å². The van der Waals surface area contributed by atoms with Crippen LogP contribution in [0.1, 0.15) is 26.2 Å². The van der Waals surface area contributed by atoms with Crippen molar-refractivity contribution in [1.29, 1.82) is 0 Å². The highest BCUT2D eigenvalue weighted by atomic mass is 28.3. The Hall–Kier alpha value is -0.573. The van der Waals surface area contributed by atoms with Crippen LogP contribution in [0.5, 0.6) is 0 Å². The topological polar surface area (TPSA) is 26.3 Å². The van der Waals surface area contributed by atoms with Gasteiger partial charge in [-0.1, -0.05) is 26.4 Å². The Morgan fingerprint density at radius 3 is 2.77 bits per heavy atom. The maximum atomic E-state index is 11.3. The molecule has 0 amide bonds. The third kappa shape index (κ3) is 2.43. The average molecular weight is 198 g/mol. The average Bonchev–Trinajstić information content (AvgIpc) is 2.43. The fourth-order valence-electron chi connectivity index (χ4n) is 1.73. The molecule has 1 rings (SSSR count). The minimum absolute atomic E-state index is 0.00669. The highest BCUT2D eigenvalue weighted by Gasteiger charge is 2.32. The summed E-state index contributed by atoms with van der Waals surface area (Å²) < 4.78 is 4.97. The van der Waals surface area contributed by atoms with Gasteiger partial charge in [-0.05, 0) is 18.4 Å². The van der Waals surface area contributed by atoms with Gasteiger partial charge in [0, 0.05) is 0 Å². The molecule has 1 aliphatic rings. The third-order valence-corrected chi connectivity index (χ3v) is 4.50. The van der Waals surface area contributed by atoms with Gasteiger partial charge in [0.25, 0.3) is 0 Å². The number of hydrogen-bond donors (Lipinski definition) is 0. The van der Waals surface area contributed by atoms with Crippen molar-refractivity contribution in [3.05, 3.63) is 11.8 Å². The zero-order valence-electron chi connectivity index (χ0n) is 8.67. The van der Waals surface area contributed by atoms with E-state index >= 15 is 0 Å². The summed E-state index contributed by atoms with van der Waals surface area (Å²) in [7, 11) is -0.924. The molecule has 0 bridgehead atoms. The number of unbranched alkanes of at least 4 members (excludes halogenated alkanes) is 1. The fourth-order valence-corrected chi connectivity index (χ4v) is 3.45. The smallest absolute Gasteiger partial charge is 0.314 e. The Morgan fingerprint density at radius 1 is 1.54 bits per heavy atom. The molecule has 3 heteroatoms. The normalized spacial score (nSPS) is 22.0. The van der Waals surface area contributed by atoms with Gasteiger partial charge in [-0.3, -0.25) is 4.79 Å². The Morgan fingerprint density at radius 2 is 2.23 bits per heavy atom. The van der Waals surface area contributed by atoms with Gasteiger partial charge in [0.15, 0.2) is 0 Å². The molecule has 0 saturated heterocycles. The van der Waals surface area contributed by atoms with Crippen LogP contribution in [0.3, 0.4) is 0 Å². The number of esters is 1. The molecule has 74 valence electrons.